The summed E-state index contributed by atoms with van der Waals surface area (Å²) in [5.41, 5.74) is 2.14. The van der Waals surface area contributed by atoms with Crippen LogP contribution in [0.2, 0.25) is 0 Å². The Balaban J connectivity index is 2.50. The van der Waals surface area contributed by atoms with Crippen molar-refractivity contribution in [3.63, 3.8) is 0 Å². The zero-order valence-corrected chi connectivity index (χ0v) is 8.20. The molecule has 1 aliphatic heterocycles. The molecule has 0 aromatic rings. The van der Waals surface area contributed by atoms with E-state index in [1.807, 2.05) is 0 Å². The van der Waals surface area contributed by atoms with Gasteiger partial charge in [-0.15, -0.1) is 0 Å². The summed E-state index contributed by atoms with van der Waals surface area (Å²) in [6.45, 7) is 0.900. The van der Waals surface area contributed by atoms with Crippen LogP contribution in [0.25, 0.3) is 0 Å². The van der Waals surface area contributed by atoms with E-state index in [1.54, 1.807) is 0 Å². The van der Waals surface area contributed by atoms with Gasteiger partial charge in [0.25, 0.3) is 0 Å². The van der Waals surface area contributed by atoms with E-state index >= 15 is 0 Å². The monoisotopic (exact) mass is 218 g/mol. The summed E-state index contributed by atoms with van der Waals surface area (Å²) in [5, 5.41) is 31.1. The molecule has 1 rings (SSSR count). The van der Waals surface area contributed by atoms with Gasteiger partial charge in [-0.2, -0.15) is 5.10 Å². The molecule has 1 fully saturated rings. The van der Waals surface area contributed by atoms with Gasteiger partial charge in [-0.3, -0.25) is 4.79 Å². The van der Waals surface area contributed by atoms with Crippen LogP contribution >= 0.6 is 0 Å². The molecular formula is C8H14N2O5. The Morgan fingerprint density at radius 1 is 1.53 bits per heavy atom. The van der Waals surface area contributed by atoms with E-state index < -0.39 is 24.4 Å². The maximum atomic E-state index is 10.5. The van der Waals surface area contributed by atoms with Crippen molar-refractivity contribution in [1.29, 1.82) is 0 Å². The first-order valence-corrected chi connectivity index (χ1v) is 4.48. The Morgan fingerprint density at radius 3 is 2.67 bits per heavy atom. The van der Waals surface area contributed by atoms with E-state index in [2.05, 4.69) is 10.5 Å². The molecule has 15 heavy (non-hydrogen) atoms. The maximum Gasteiger partial charge on any atom is 0.236 e. The topological polar surface area (TPSA) is 111 Å². The molecule has 0 bridgehead atoms. The average molecular weight is 218 g/mol. The van der Waals surface area contributed by atoms with E-state index in [-0.39, 0.29) is 12.5 Å². The zero-order chi connectivity index (χ0) is 11.4. The third-order valence-electron chi connectivity index (χ3n) is 2.02. The molecule has 0 saturated carbocycles. The minimum atomic E-state index is -1.15. The number of nitrogens with one attached hydrogen (secondary N) is 1. The van der Waals surface area contributed by atoms with Gasteiger partial charge in [0, 0.05) is 6.92 Å². The van der Waals surface area contributed by atoms with Gasteiger partial charge < -0.3 is 20.1 Å². The van der Waals surface area contributed by atoms with Gasteiger partial charge in [-0.05, 0) is 0 Å². The van der Waals surface area contributed by atoms with Gasteiger partial charge in [0.15, 0.2) is 0 Å². The molecule has 7 heteroatoms. The highest BCUT2D eigenvalue weighted by Gasteiger charge is 2.41. The lowest BCUT2D eigenvalue weighted by molar-refractivity contribution is -0.118. The normalized spacial score (nSPS) is 36.0. The fourth-order valence-electron chi connectivity index (χ4n) is 1.25. The molecule has 1 saturated heterocycles. The van der Waals surface area contributed by atoms with Crippen molar-refractivity contribution in [1.82, 2.24) is 5.43 Å². The summed E-state index contributed by atoms with van der Waals surface area (Å²) in [6.07, 6.45) is -2.79. The Morgan fingerprint density at radius 2 is 2.20 bits per heavy atom. The molecule has 86 valence electrons. The van der Waals surface area contributed by atoms with Crippen LogP contribution in [0.5, 0.6) is 0 Å². The van der Waals surface area contributed by atoms with Crippen LogP contribution in [-0.2, 0) is 9.53 Å². The highest BCUT2D eigenvalue weighted by atomic mass is 16.6. The number of carbonyl (C=O) groups is 1. The van der Waals surface area contributed by atoms with Gasteiger partial charge in [-0.1, -0.05) is 0 Å². The highest BCUT2D eigenvalue weighted by molar-refractivity contribution is 5.74. The van der Waals surface area contributed by atoms with Gasteiger partial charge in [-0.25, -0.2) is 5.43 Å². The first kappa shape index (κ1) is 12.1. The van der Waals surface area contributed by atoms with Crippen molar-refractivity contribution in [2.45, 2.75) is 31.3 Å². The minimum absolute atomic E-state index is 0.349. The molecule has 0 unspecified atom stereocenters. The summed E-state index contributed by atoms with van der Waals surface area (Å²) in [5.74, 6) is -0.349. The van der Waals surface area contributed by atoms with Crippen molar-refractivity contribution in [3.05, 3.63) is 0 Å². The number of carbonyl (C=O) groups excluding carboxylic acids is 1. The number of hydrogen-bond donors (Lipinski definition) is 4. The quantitative estimate of drug-likeness (QED) is 0.311. The smallest absolute Gasteiger partial charge is 0.236 e. The molecule has 0 radical (unpaired) electrons. The lowest BCUT2D eigenvalue weighted by atomic mass is 10.1. The van der Waals surface area contributed by atoms with E-state index in [4.69, 9.17) is 9.84 Å². The Bertz CT molecular complexity index is 257. The molecule has 1 heterocycles. The molecule has 0 aromatic carbocycles. The molecule has 1 amide bonds. The summed E-state index contributed by atoms with van der Waals surface area (Å²) in [6, 6.07) is 0. The molecular weight excluding hydrogens is 204 g/mol. The molecule has 1 aliphatic rings. The van der Waals surface area contributed by atoms with Crippen molar-refractivity contribution in [3.8, 4) is 0 Å². The number of ether oxygens (including phenoxy) is 1. The molecule has 0 aromatic heterocycles. The first-order chi connectivity index (χ1) is 7.06. The van der Waals surface area contributed by atoms with Crippen LogP contribution in [0.15, 0.2) is 5.10 Å². The van der Waals surface area contributed by atoms with Gasteiger partial charge in [0.1, 0.15) is 24.4 Å². The number of hydrogen-bond acceptors (Lipinski definition) is 6. The van der Waals surface area contributed by atoms with Crippen molar-refractivity contribution in [2.24, 2.45) is 5.10 Å². The predicted octanol–water partition coefficient (Wildman–Crippen LogP) is -2.41. The van der Waals surface area contributed by atoms with Crippen LogP contribution in [0.1, 0.15) is 6.92 Å². The number of aliphatic hydroxyl groups excluding tert-OH is 3. The van der Waals surface area contributed by atoms with Crippen LogP contribution in [0.3, 0.4) is 0 Å². The maximum absolute atomic E-state index is 10.5. The molecule has 4 N–H and O–H groups in total. The zero-order valence-electron chi connectivity index (χ0n) is 8.20. The fourth-order valence-corrected chi connectivity index (χ4v) is 1.25. The van der Waals surface area contributed by atoms with Crippen LogP contribution in [0.4, 0.5) is 0 Å². The van der Waals surface area contributed by atoms with Gasteiger partial charge in [0.05, 0.1) is 12.8 Å². The number of aliphatic hydroxyl groups is 3. The minimum Gasteiger partial charge on any atom is -0.394 e. The molecule has 7 nitrogen and oxygen atoms in total. The van der Waals surface area contributed by atoms with Gasteiger partial charge >= 0.3 is 0 Å². The number of nitrogens with zero attached hydrogens (tertiary/aromatic N) is 1. The SMILES string of the molecule is CC(=O)N/N=C/[C@H]1O[C@H](CO)[C@@H](O)[C@@H]1O. The summed E-state index contributed by atoms with van der Waals surface area (Å²) in [7, 11) is 0. The van der Waals surface area contributed by atoms with Crippen LogP contribution in [0, 0.1) is 0 Å². The van der Waals surface area contributed by atoms with E-state index in [9.17, 15) is 15.0 Å². The fraction of sp³-hybridized carbons (Fsp3) is 0.750. The summed E-state index contributed by atoms with van der Waals surface area (Å²) in [4.78, 5) is 10.5. The van der Waals surface area contributed by atoms with Crippen LogP contribution < -0.4 is 5.43 Å². The van der Waals surface area contributed by atoms with E-state index in [0.717, 1.165) is 0 Å². The van der Waals surface area contributed by atoms with Crippen molar-refractivity contribution >= 4 is 12.1 Å². The van der Waals surface area contributed by atoms with E-state index in [1.165, 1.54) is 13.1 Å². The third kappa shape index (κ3) is 2.96. The number of rotatable bonds is 3. The predicted molar refractivity (Wildman–Crippen MR) is 50.1 cm³/mol. The highest BCUT2D eigenvalue weighted by Crippen LogP contribution is 2.19. The molecule has 0 aliphatic carbocycles. The average Bonchev–Trinajstić information content (AvgIpc) is 2.45. The van der Waals surface area contributed by atoms with Crippen molar-refractivity contribution in [2.75, 3.05) is 6.61 Å². The van der Waals surface area contributed by atoms with E-state index in [0.29, 0.717) is 0 Å². The summed E-state index contributed by atoms with van der Waals surface area (Å²) >= 11 is 0. The second kappa shape index (κ2) is 5.17. The lowest BCUT2D eigenvalue weighted by Gasteiger charge is -2.10. The summed E-state index contributed by atoms with van der Waals surface area (Å²) < 4.78 is 5.07. The van der Waals surface area contributed by atoms with Crippen molar-refractivity contribution < 1.29 is 24.9 Å². The standard InChI is InChI=1S/C8H14N2O5/c1-4(12)10-9-2-5-7(13)8(14)6(3-11)15-5/h2,5-8,11,13-14H,3H2,1H3,(H,10,12)/b9-2+/t5-,6-,7-,8-/m1/s1. The first-order valence-electron chi connectivity index (χ1n) is 4.48. The Hall–Kier alpha value is -1.02. The lowest BCUT2D eigenvalue weighted by Crippen LogP contribution is -2.34. The Labute approximate surface area is 86.4 Å². The third-order valence-corrected chi connectivity index (χ3v) is 2.02. The largest absolute Gasteiger partial charge is 0.394 e. The molecule has 0 spiro atoms. The second-order valence-corrected chi connectivity index (χ2v) is 3.25. The second-order valence-electron chi connectivity index (χ2n) is 3.25. The molecule has 4 atom stereocenters. The van der Waals surface area contributed by atoms with Crippen LogP contribution in [-0.4, -0.2) is 58.5 Å². The number of hydrazone groups is 1. The van der Waals surface area contributed by atoms with Gasteiger partial charge in [0.2, 0.25) is 5.91 Å². The Kier molecular flexibility index (Phi) is 4.15. The number of amides is 1.